The van der Waals surface area contributed by atoms with E-state index < -0.39 is 0 Å². The molecular weight excluding hydrogens is 426 g/mol. The Bertz CT molecular complexity index is 1210. The van der Waals surface area contributed by atoms with E-state index in [4.69, 9.17) is 4.74 Å². The van der Waals surface area contributed by atoms with Crippen molar-refractivity contribution in [2.75, 3.05) is 24.6 Å². The Morgan fingerprint density at radius 3 is 2.29 bits per heavy atom. The fraction of sp³-hybridized carbons (Fsp3) is 0.286. The van der Waals surface area contributed by atoms with Crippen molar-refractivity contribution < 1.29 is 14.3 Å². The molecule has 7 rings (SSSR count). The first-order valence-corrected chi connectivity index (χ1v) is 11.9. The maximum atomic E-state index is 12.6. The summed E-state index contributed by atoms with van der Waals surface area (Å²) in [6.07, 6.45) is 0.722. The van der Waals surface area contributed by atoms with Crippen molar-refractivity contribution in [3.63, 3.8) is 0 Å². The molecule has 6 nitrogen and oxygen atoms in total. The van der Waals surface area contributed by atoms with Crippen LogP contribution in [0.25, 0.3) is 0 Å². The van der Waals surface area contributed by atoms with E-state index >= 15 is 0 Å². The second-order valence-electron chi connectivity index (χ2n) is 9.28. The van der Waals surface area contributed by atoms with Crippen molar-refractivity contribution in [2.24, 2.45) is 5.92 Å². The summed E-state index contributed by atoms with van der Waals surface area (Å²) < 4.78 is 5.02. The number of hydrogen-bond donors (Lipinski definition) is 2. The predicted octanol–water partition coefficient (Wildman–Crippen LogP) is 4.74. The number of benzene rings is 3. The van der Waals surface area contributed by atoms with Crippen LogP contribution in [0.3, 0.4) is 0 Å². The second-order valence-corrected chi connectivity index (χ2v) is 9.28. The van der Waals surface area contributed by atoms with Gasteiger partial charge in [-0.15, -0.1) is 0 Å². The zero-order valence-corrected chi connectivity index (χ0v) is 18.9. The first-order valence-electron chi connectivity index (χ1n) is 11.9. The molecule has 2 bridgehead atoms. The highest BCUT2D eigenvalue weighted by atomic mass is 16.6. The smallest absolute Gasteiger partial charge is 0.414 e. The molecule has 1 heterocycles. The first kappa shape index (κ1) is 20.8. The van der Waals surface area contributed by atoms with Crippen LogP contribution < -0.4 is 15.5 Å². The number of anilines is 1. The van der Waals surface area contributed by atoms with E-state index in [0.717, 1.165) is 17.7 Å². The highest BCUT2D eigenvalue weighted by Crippen LogP contribution is 2.55. The summed E-state index contributed by atoms with van der Waals surface area (Å²) in [6.45, 7) is 1.98. The van der Waals surface area contributed by atoms with Crippen molar-refractivity contribution in [3.8, 4) is 0 Å². The monoisotopic (exact) mass is 453 g/mol. The van der Waals surface area contributed by atoms with Gasteiger partial charge in [-0.1, -0.05) is 60.7 Å². The Hall–Kier alpha value is -3.80. The molecule has 1 fully saturated rings. The Labute approximate surface area is 198 Å². The van der Waals surface area contributed by atoms with Crippen LogP contribution in [0.2, 0.25) is 0 Å². The van der Waals surface area contributed by atoms with Gasteiger partial charge in [-0.2, -0.15) is 0 Å². The minimum Gasteiger partial charge on any atom is -0.447 e. The van der Waals surface area contributed by atoms with E-state index in [1.807, 2.05) is 24.3 Å². The molecule has 3 aromatic carbocycles. The summed E-state index contributed by atoms with van der Waals surface area (Å²) in [7, 11) is 0. The summed E-state index contributed by atoms with van der Waals surface area (Å²) in [5.74, 6) is 1.08. The fourth-order valence-electron chi connectivity index (χ4n) is 5.89. The summed E-state index contributed by atoms with van der Waals surface area (Å²) >= 11 is 0. The predicted molar refractivity (Wildman–Crippen MR) is 130 cm³/mol. The highest BCUT2D eigenvalue weighted by molar-refractivity contribution is 5.89. The van der Waals surface area contributed by atoms with Crippen LogP contribution in [0.1, 0.15) is 46.1 Å². The lowest BCUT2D eigenvalue weighted by Gasteiger charge is -2.45. The van der Waals surface area contributed by atoms with Crippen LogP contribution in [-0.4, -0.2) is 31.8 Å². The molecule has 1 aliphatic heterocycles. The molecule has 0 aromatic heterocycles. The molecule has 172 valence electrons. The van der Waals surface area contributed by atoms with Gasteiger partial charge >= 0.3 is 12.1 Å². The Morgan fingerprint density at radius 1 is 0.912 bits per heavy atom. The molecule has 6 heteroatoms. The molecule has 1 saturated heterocycles. The highest BCUT2D eigenvalue weighted by Gasteiger charge is 2.42. The maximum absolute atomic E-state index is 12.6. The van der Waals surface area contributed by atoms with E-state index in [-0.39, 0.29) is 12.1 Å². The molecule has 4 aliphatic rings. The number of rotatable bonds is 5. The van der Waals surface area contributed by atoms with Gasteiger partial charge < -0.3 is 15.4 Å². The van der Waals surface area contributed by atoms with Crippen LogP contribution in [0.5, 0.6) is 0 Å². The quantitative estimate of drug-likeness (QED) is 0.586. The number of amides is 3. The van der Waals surface area contributed by atoms with E-state index in [9.17, 15) is 9.59 Å². The zero-order chi connectivity index (χ0) is 23.1. The fourth-order valence-corrected chi connectivity index (χ4v) is 5.89. The number of nitrogens with one attached hydrogen (secondary N) is 2. The summed E-state index contributed by atoms with van der Waals surface area (Å²) in [6, 6.07) is 25.0. The van der Waals surface area contributed by atoms with Crippen LogP contribution in [0.4, 0.5) is 15.3 Å². The number of nitrogens with zero attached hydrogens (tertiary/aromatic N) is 1. The van der Waals surface area contributed by atoms with Crippen molar-refractivity contribution in [1.82, 2.24) is 10.6 Å². The second kappa shape index (κ2) is 8.52. The Morgan fingerprint density at radius 2 is 1.62 bits per heavy atom. The van der Waals surface area contributed by atoms with Gasteiger partial charge in [0.15, 0.2) is 0 Å². The van der Waals surface area contributed by atoms with Crippen molar-refractivity contribution in [1.29, 1.82) is 0 Å². The number of carbonyl (C=O) groups is 2. The molecule has 0 radical (unpaired) electrons. The van der Waals surface area contributed by atoms with Crippen molar-refractivity contribution in [3.05, 3.63) is 101 Å². The minimum atomic E-state index is -0.326. The first-order chi connectivity index (χ1) is 16.7. The number of cyclic esters (lactones) is 1. The van der Waals surface area contributed by atoms with E-state index in [0.29, 0.717) is 44.0 Å². The Balaban J connectivity index is 1.10. The van der Waals surface area contributed by atoms with E-state index in [2.05, 4.69) is 59.2 Å². The third-order valence-electron chi connectivity index (χ3n) is 7.38. The van der Waals surface area contributed by atoms with Gasteiger partial charge in [0.2, 0.25) is 0 Å². The van der Waals surface area contributed by atoms with Gasteiger partial charge in [0.25, 0.3) is 0 Å². The van der Waals surface area contributed by atoms with Crippen molar-refractivity contribution >= 4 is 17.8 Å². The summed E-state index contributed by atoms with van der Waals surface area (Å²) in [4.78, 5) is 26.1. The van der Waals surface area contributed by atoms with Gasteiger partial charge in [0.1, 0.15) is 6.61 Å². The third kappa shape index (κ3) is 3.59. The van der Waals surface area contributed by atoms with Gasteiger partial charge in [-0.05, 0) is 52.3 Å². The average Bonchev–Trinajstić information content (AvgIpc) is 3.32. The molecule has 0 saturated carbocycles. The number of urea groups is 1. The third-order valence-corrected chi connectivity index (χ3v) is 7.38. The molecule has 3 aromatic rings. The minimum absolute atomic E-state index is 0.172. The number of fused-ring (bicyclic) bond motifs is 1. The number of ether oxygens (including phenoxy) is 1. The molecule has 3 amide bonds. The zero-order valence-electron chi connectivity index (χ0n) is 18.9. The average molecular weight is 454 g/mol. The lowest BCUT2D eigenvalue weighted by molar-refractivity contribution is 0.181. The number of hydrogen-bond acceptors (Lipinski definition) is 3. The van der Waals surface area contributed by atoms with E-state index in [1.165, 1.54) is 22.3 Å². The lowest BCUT2D eigenvalue weighted by atomic mass is 9.59. The SMILES string of the molecule is O=C(NCc1cccc(N2CCOC2=O)c1)NCC1CC2c3ccccc3C1c1ccccc12. The normalized spacial score (nSPS) is 22.1. The van der Waals surface area contributed by atoms with Crippen LogP contribution in [-0.2, 0) is 11.3 Å². The van der Waals surface area contributed by atoms with Gasteiger partial charge in [-0.25, -0.2) is 9.59 Å². The van der Waals surface area contributed by atoms with E-state index in [1.54, 1.807) is 4.90 Å². The molecular formula is C28H27N3O3. The van der Waals surface area contributed by atoms with Crippen LogP contribution >= 0.6 is 0 Å². The lowest BCUT2D eigenvalue weighted by Crippen LogP contribution is -2.42. The maximum Gasteiger partial charge on any atom is 0.414 e. The van der Waals surface area contributed by atoms with Crippen LogP contribution in [0.15, 0.2) is 72.8 Å². The topological polar surface area (TPSA) is 70.7 Å². The summed E-state index contributed by atoms with van der Waals surface area (Å²) in [5, 5.41) is 6.08. The molecule has 3 aliphatic carbocycles. The number of carbonyl (C=O) groups excluding carboxylic acids is 2. The molecule has 34 heavy (non-hydrogen) atoms. The standard InChI is InChI=1S/C28H27N3O3/c32-27(29-16-18-6-5-7-20(14-18)31-12-13-34-28(31)33)30-17-19-15-25-21-8-1-3-10-23(21)26(19)24-11-4-2-9-22(24)25/h1-11,14,19,25-26H,12-13,15-17H2,(H2,29,30,32). The molecule has 1 unspecified atom stereocenters. The molecule has 0 spiro atoms. The Kier molecular flexibility index (Phi) is 5.21. The largest absolute Gasteiger partial charge is 0.447 e. The van der Waals surface area contributed by atoms with Gasteiger partial charge in [0.05, 0.1) is 6.54 Å². The molecule has 2 N–H and O–H groups in total. The summed E-state index contributed by atoms with van der Waals surface area (Å²) in [5.41, 5.74) is 7.41. The molecule has 1 atom stereocenters. The van der Waals surface area contributed by atoms with Crippen molar-refractivity contribution in [2.45, 2.75) is 24.8 Å². The van der Waals surface area contributed by atoms with Gasteiger partial charge in [-0.3, -0.25) is 4.90 Å². The van der Waals surface area contributed by atoms with Crippen LogP contribution in [0, 0.1) is 5.92 Å². The van der Waals surface area contributed by atoms with Gasteiger partial charge in [0, 0.05) is 30.6 Å².